The molecule has 39 heavy (non-hydrogen) atoms. The Labute approximate surface area is 253 Å². The number of aliphatic hydroxyl groups is 3. The second kappa shape index (κ2) is 12.0. The summed E-state index contributed by atoms with van der Waals surface area (Å²) in [6, 6.07) is 3.49. The monoisotopic (exact) mass is 619 g/mol. The van der Waals surface area contributed by atoms with Gasteiger partial charge in [0.1, 0.15) is 17.5 Å². The van der Waals surface area contributed by atoms with E-state index in [2.05, 4.69) is 5.32 Å². The van der Waals surface area contributed by atoms with E-state index in [1.807, 2.05) is 19.1 Å². The second-order valence-electron chi connectivity index (χ2n) is 11.1. The number of anilines is 1. The topological polar surface area (TPSA) is 152 Å². The Bertz CT molecular complexity index is 1170. The van der Waals surface area contributed by atoms with Crippen LogP contribution in [0.3, 0.4) is 0 Å². The molecule has 3 heterocycles. The predicted molar refractivity (Wildman–Crippen MR) is 139 cm³/mol. The molecule has 0 spiro atoms. The number of rotatable bonds is 1. The van der Waals surface area contributed by atoms with Gasteiger partial charge in [0.05, 0.1) is 30.9 Å². The molecule has 0 saturated carbocycles. The molecule has 1 aromatic carbocycles. The van der Waals surface area contributed by atoms with Gasteiger partial charge in [-0.05, 0) is 44.9 Å². The molecule has 3 aliphatic heterocycles. The van der Waals surface area contributed by atoms with Crippen LogP contribution < -0.4 is 10.2 Å². The smallest absolute Gasteiger partial charge is 0.409 e. The van der Waals surface area contributed by atoms with Crippen LogP contribution in [0, 0.1) is 18.8 Å². The standard InChI is InChI=1S/C28H38N2O8.Y/c1-15-7-6-8-19(14-31)28(36)13-22(37-26(35)29-28)17(3)25-27(4,38-25)23(33)12-24(34)30(5)20-10-18(9-15)11-21(32)16(20)2;/h6-8,10-11,17,19,22-23,25,31-33,36H,9,12-14H2,1-5H3,(H,29,35);/b8-6+,15-7+;. The summed E-state index contributed by atoms with van der Waals surface area (Å²) in [7, 11) is 1.61. The average molecular weight is 620 g/mol. The number of amides is 2. The number of phenols is 1. The van der Waals surface area contributed by atoms with Crippen LogP contribution in [-0.4, -0.2) is 75.7 Å². The van der Waals surface area contributed by atoms with Gasteiger partial charge in [-0.15, -0.1) is 0 Å². The number of phenolic OH excluding ortho intramolecular Hbond substituents is 1. The number of alkyl carbamates (subject to hydrolysis) is 1. The third-order valence-corrected chi connectivity index (χ3v) is 8.24. The average Bonchev–Trinajstić information content (AvgIpc) is 3.54. The first-order valence-corrected chi connectivity index (χ1v) is 12.9. The Morgan fingerprint density at radius 1 is 1.23 bits per heavy atom. The zero-order valence-electron chi connectivity index (χ0n) is 23.0. The number of fused-ring (bicyclic) bond motifs is 5. The van der Waals surface area contributed by atoms with Crippen molar-refractivity contribution >= 4 is 17.7 Å². The maximum Gasteiger partial charge on any atom is 0.409 e. The van der Waals surface area contributed by atoms with E-state index >= 15 is 0 Å². The van der Waals surface area contributed by atoms with Crippen LogP contribution >= 0.6 is 0 Å². The number of aromatic hydroxyl groups is 1. The summed E-state index contributed by atoms with van der Waals surface area (Å²) in [5.41, 5.74) is -0.0116. The Balaban J connectivity index is 0.00000420. The molecule has 7 atom stereocenters. The van der Waals surface area contributed by atoms with E-state index in [9.17, 15) is 30.0 Å². The van der Waals surface area contributed by atoms with Gasteiger partial charge in [0.15, 0.2) is 5.72 Å². The summed E-state index contributed by atoms with van der Waals surface area (Å²) in [6.07, 6.45) is 2.20. The summed E-state index contributed by atoms with van der Waals surface area (Å²) in [5, 5.41) is 45.4. The van der Waals surface area contributed by atoms with Crippen molar-refractivity contribution in [2.75, 3.05) is 18.6 Å². The van der Waals surface area contributed by atoms with Gasteiger partial charge < -0.3 is 34.8 Å². The van der Waals surface area contributed by atoms with E-state index in [0.29, 0.717) is 17.7 Å². The van der Waals surface area contributed by atoms with Gasteiger partial charge >= 0.3 is 6.09 Å². The molecule has 2 saturated heterocycles. The van der Waals surface area contributed by atoms with Crippen molar-refractivity contribution in [1.29, 1.82) is 0 Å². The van der Waals surface area contributed by atoms with Gasteiger partial charge in [-0.2, -0.15) is 0 Å². The second-order valence-corrected chi connectivity index (χ2v) is 11.1. The Morgan fingerprint density at radius 2 is 1.92 bits per heavy atom. The Kier molecular flexibility index (Phi) is 9.73. The molecule has 5 N–H and O–H groups in total. The van der Waals surface area contributed by atoms with Crippen LogP contribution in [-0.2, 0) is 53.4 Å². The number of epoxide rings is 1. The Hall–Kier alpha value is -1.82. The van der Waals surface area contributed by atoms with Crippen LogP contribution in [0.25, 0.3) is 0 Å². The number of aliphatic hydroxyl groups excluding tert-OH is 2. The first-order chi connectivity index (χ1) is 17.8. The van der Waals surface area contributed by atoms with Gasteiger partial charge in [-0.1, -0.05) is 30.7 Å². The van der Waals surface area contributed by atoms with Gasteiger partial charge in [0, 0.05) is 63.6 Å². The molecule has 7 unspecified atom stereocenters. The fourth-order valence-corrected chi connectivity index (χ4v) is 5.55. The SMILES string of the molecule is C/C1=C\C=C\C(CO)C2(O)CC(OC(=O)N2)C(C)C2OC2(C)C(O)CC(=O)N(C)c2cc(cc(O)c2C)C1.[Y]. The molecule has 1 radical (unpaired) electrons. The number of hydrogen-bond acceptors (Lipinski definition) is 8. The van der Waals surface area contributed by atoms with Crippen LogP contribution in [0.2, 0.25) is 0 Å². The number of hydrogen-bond donors (Lipinski definition) is 5. The number of benzene rings is 1. The van der Waals surface area contributed by atoms with Crippen LogP contribution in [0.15, 0.2) is 35.9 Å². The molecule has 11 heteroatoms. The summed E-state index contributed by atoms with van der Waals surface area (Å²) in [4.78, 5) is 27.0. The fourth-order valence-electron chi connectivity index (χ4n) is 5.55. The van der Waals surface area contributed by atoms with E-state index in [4.69, 9.17) is 9.47 Å². The largest absolute Gasteiger partial charge is 0.508 e. The molecular formula is C28H38N2O8Y. The molecule has 4 bridgehead atoms. The first kappa shape index (κ1) is 31.7. The minimum absolute atomic E-state index is 0. The molecule has 1 aromatic rings. The molecule has 2 amide bonds. The predicted octanol–water partition coefficient (Wildman–Crippen LogP) is 2.06. The molecular weight excluding hydrogens is 581 g/mol. The van der Waals surface area contributed by atoms with E-state index < -0.39 is 54.2 Å². The van der Waals surface area contributed by atoms with Gasteiger partial charge in [0.2, 0.25) is 5.91 Å². The van der Waals surface area contributed by atoms with Crippen molar-refractivity contribution in [3.63, 3.8) is 0 Å². The first-order valence-electron chi connectivity index (χ1n) is 12.9. The van der Waals surface area contributed by atoms with E-state index in [-0.39, 0.29) is 57.2 Å². The van der Waals surface area contributed by atoms with Crippen molar-refractivity contribution < 1.29 is 72.2 Å². The molecule has 211 valence electrons. The number of ether oxygens (including phenoxy) is 2. The zero-order chi connectivity index (χ0) is 28.0. The number of nitrogens with one attached hydrogen (secondary N) is 1. The van der Waals surface area contributed by atoms with Crippen molar-refractivity contribution in [2.45, 2.75) is 76.6 Å². The van der Waals surface area contributed by atoms with Crippen LogP contribution in [0.1, 0.15) is 44.7 Å². The Morgan fingerprint density at radius 3 is 2.59 bits per heavy atom. The third-order valence-electron chi connectivity index (χ3n) is 8.24. The van der Waals surface area contributed by atoms with Crippen molar-refractivity contribution in [3.05, 3.63) is 47.1 Å². The van der Waals surface area contributed by atoms with Crippen LogP contribution in [0.5, 0.6) is 5.75 Å². The molecule has 3 aliphatic rings. The molecule has 10 nitrogen and oxygen atoms in total. The van der Waals surface area contributed by atoms with Crippen LogP contribution in [0.4, 0.5) is 10.5 Å². The minimum Gasteiger partial charge on any atom is -0.508 e. The van der Waals surface area contributed by atoms with E-state index in [0.717, 1.165) is 11.1 Å². The summed E-state index contributed by atoms with van der Waals surface area (Å²) in [5.74, 6) is -1.51. The maximum atomic E-state index is 13.2. The summed E-state index contributed by atoms with van der Waals surface area (Å²) < 4.78 is 11.4. The number of carbonyl (C=O) groups is 2. The van der Waals surface area contributed by atoms with Gasteiger partial charge in [-0.3, -0.25) is 10.1 Å². The number of carbonyl (C=O) groups excluding carboxylic acids is 2. The summed E-state index contributed by atoms with van der Waals surface area (Å²) >= 11 is 0. The quantitative estimate of drug-likeness (QED) is 0.300. The fraction of sp³-hybridized carbons (Fsp3) is 0.571. The maximum absolute atomic E-state index is 13.2. The third kappa shape index (κ3) is 6.42. The molecule has 0 aromatic heterocycles. The van der Waals surface area contributed by atoms with Crippen molar-refractivity contribution in [1.82, 2.24) is 5.32 Å². The van der Waals surface area contributed by atoms with E-state index in [1.54, 1.807) is 46.0 Å². The summed E-state index contributed by atoms with van der Waals surface area (Å²) in [6.45, 7) is 6.72. The zero-order valence-corrected chi connectivity index (χ0v) is 25.9. The van der Waals surface area contributed by atoms with Gasteiger partial charge in [0.25, 0.3) is 0 Å². The molecule has 0 aliphatic carbocycles. The molecule has 2 fully saturated rings. The molecule has 4 rings (SSSR count). The number of nitrogens with zero attached hydrogens (tertiary/aromatic N) is 1. The van der Waals surface area contributed by atoms with Crippen molar-refractivity contribution in [2.24, 2.45) is 11.8 Å². The normalized spacial score (nSPS) is 37.4. The van der Waals surface area contributed by atoms with E-state index in [1.165, 1.54) is 4.90 Å². The number of allylic oxidation sites excluding steroid dienone is 3. The van der Waals surface area contributed by atoms with Gasteiger partial charge in [-0.25, -0.2) is 4.79 Å². The van der Waals surface area contributed by atoms with Crippen molar-refractivity contribution in [3.8, 4) is 5.75 Å². The minimum atomic E-state index is -1.76.